The Morgan fingerprint density at radius 1 is 1.44 bits per heavy atom. The Bertz CT molecular complexity index is 330. The molecule has 5 heteroatoms. The van der Waals surface area contributed by atoms with Gasteiger partial charge in [-0.05, 0) is 26.7 Å². The summed E-state index contributed by atoms with van der Waals surface area (Å²) in [7, 11) is 0. The molecule has 0 aromatic carbocycles. The first-order chi connectivity index (χ1) is 7.63. The maximum Gasteiger partial charge on any atom is 0.220 e. The Labute approximate surface area is 104 Å². The molecule has 16 heavy (non-hydrogen) atoms. The molecule has 1 heterocycles. The summed E-state index contributed by atoms with van der Waals surface area (Å²) >= 11 is 3.33. The summed E-state index contributed by atoms with van der Waals surface area (Å²) in [5, 5.41) is 3.73. The predicted molar refractivity (Wildman–Crippen MR) is 65.5 cm³/mol. The van der Waals surface area contributed by atoms with Crippen molar-refractivity contribution in [2.75, 3.05) is 5.33 Å². The third-order valence-corrected chi connectivity index (χ3v) is 2.86. The lowest BCUT2D eigenvalue weighted by Gasteiger charge is -2.01. The molecule has 4 nitrogen and oxygen atoms in total. The largest absolute Gasteiger partial charge is 0.444 e. The molecule has 0 saturated heterocycles. The van der Waals surface area contributed by atoms with Gasteiger partial charge < -0.3 is 9.73 Å². The van der Waals surface area contributed by atoms with Gasteiger partial charge in [0.15, 0.2) is 0 Å². The fourth-order valence-corrected chi connectivity index (χ4v) is 1.65. The lowest BCUT2D eigenvalue weighted by atomic mass is 10.2. The van der Waals surface area contributed by atoms with E-state index in [1.807, 2.05) is 13.8 Å². The van der Waals surface area contributed by atoms with E-state index in [2.05, 4.69) is 26.2 Å². The third kappa shape index (κ3) is 4.35. The van der Waals surface area contributed by atoms with Gasteiger partial charge in [0, 0.05) is 11.8 Å². The monoisotopic (exact) mass is 288 g/mol. The Balaban J connectivity index is 2.26. The predicted octanol–water partition coefficient (Wildman–Crippen LogP) is 2.47. The number of alkyl halides is 1. The molecule has 1 rings (SSSR count). The molecule has 90 valence electrons. The first-order valence-electron chi connectivity index (χ1n) is 5.39. The van der Waals surface area contributed by atoms with Crippen LogP contribution in [0.4, 0.5) is 0 Å². The van der Waals surface area contributed by atoms with Crippen LogP contribution in [0.1, 0.15) is 36.6 Å². The fraction of sp³-hybridized carbons (Fsp3) is 0.636. The zero-order chi connectivity index (χ0) is 12.0. The highest BCUT2D eigenvalue weighted by Crippen LogP contribution is 2.07. The van der Waals surface area contributed by atoms with Gasteiger partial charge in [0.1, 0.15) is 5.76 Å². The first kappa shape index (κ1) is 13.2. The lowest BCUT2D eigenvalue weighted by Crippen LogP contribution is -2.22. The molecule has 0 bridgehead atoms. The normalized spacial score (nSPS) is 10.4. The van der Waals surface area contributed by atoms with E-state index >= 15 is 0 Å². The third-order valence-electron chi connectivity index (χ3n) is 2.30. The van der Waals surface area contributed by atoms with Gasteiger partial charge in [-0.15, -0.1) is 0 Å². The second-order valence-electron chi connectivity index (χ2n) is 3.67. The molecule has 0 aliphatic rings. The standard InChI is InChI=1S/C11H17BrN2O2/c1-8-9(2)16-11(14-8)7-13-10(15)5-3-4-6-12/h3-7H2,1-2H3,(H,13,15). The summed E-state index contributed by atoms with van der Waals surface area (Å²) in [6.45, 7) is 4.13. The molecule has 0 atom stereocenters. The highest BCUT2D eigenvalue weighted by atomic mass is 79.9. The molecular weight excluding hydrogens is 272 g/mol. The van der Waals surface area contributed by atoms with Gasteiger partial charge in [-0.3, -0.25) is 4.79 Å². The molecule has 1 amide bonds. The number of halogens is 1. The Kier molecular flexibility index (Phi) is 5.52. The summed E-state index contributed by atoms with van der Waals surface area (Å²) in [4.78, 5) is 15.6. The minimum atomic E-state index is 0.0504. The number of amides is 1. The number of oxazole rings is 1. The average Bonchev–Trinajstić information content (AvgIpc) is 2.56. The van der Waals surface area contributed by atoms with Crippen LogP contribution in [0.15, 0.2) is 4.42 Å². The van der Waals surface area contributed by atoms with Crippen molar-refractivity contribution in [2.24, 2.45) is 0 Å². The number of nitrogens with zero attached hydrogens (tertiary/aromatic N) is 1. The Morgan fingerprint density at radius 3 is 2.75 bits per heavy atom. The number of rotatable bonds is 6. The summed E-state index contributed by atoms with van der Waals surface area (Å²) in [6.07, 6.45) is 2.48. The van der Waals surface area contributed by atoms with E-state index in [-0.39, 0.29) is 5.91 Å². The van der Waals surface area contributed by atoms with E-state index < -0.39 is 0 Å². The van der Waals surface area contributed by atoms with Gasteiger partial charge in [-0.25, -0.2) is 4.98 Å². The second-order valence-corrected chi connectivity index (χ2v) is 4.47. The minimum absolute atomic E-state index is 0.0504. The fourth-order valence-electron chi connectivity index (χ4n) is 1.26. The Morgan fingerprint density at radius 2 is 2.19 bits per heavy atom. The summed E-state index contributed by atoms with van der Waals surface area (Å²) < 4.78 is 5.36. The molecule has 0 spiro atoms. The lowest BCUT2D eigenvalue weighted by molar-refractivity contribution is -0.121. The highest BCUT2D eigenvalue weighted by Gasteiger charge is 2.07. The number of aromatic nitrogens is 1. The van der Waals surface area contributed by atoms with Crippen LogP contribution < -0.4 is 5.32 Å². The molecule has 0 saturated carbocycles. The van der Waals surface area contributed by atoms with Crippen LogP contribution in [0, 0.1) is 13.8 Å². The first-order valence-corrected chi connectivity index (χ1v) is 6.51. The molecule has 0 unspecified atom stereocenters. The van der Waals surface area contributed by atoms with Crippen LogP contribution in [0.5, 0.6) is 0 Å². The van der Waals surface area contributed by atoms with Crippen LogP contribution in [0.25, 0.3) is 0 Å². The van der Waals surface area contributed by atoms with Gasteiger partial charge in [0.05, 0.1) is 12.2 Å². The number of carbonyl (C=O) groups excluding carboxylic acids is 1. The molecule has 0 radical (unpaired) electrons. The van der Waals surface area contributed by atoms with Gasteiger partial charge in [-0.2, -0.15) is 0 Å². The van der Waals surface area contributed by atoms with Crippen LogP contribution in [-0.2, 0) is 11.3 Å². The van der Waals surface area contributed by atoms with Gasteiger partial charge in [-0.1, -0.05) is 15.9 Å². The molecule has 1 N–H and O–H groups in total. The van der Waals surface area contributed by atoms with E-state index in [4.69, 9.17) is 4.42 Å². The number of hydrogen-bond donors (Lipinski definition) is 1. The number of nitrogens with one attached hydrogen (secondary N) is 1. The molecular formula is C11H17BrN2O2. The van der Waals surface area contributed by atoms with Crippen molar-refractivity contribution in [2.45, 2.75) is 39.7 Å². The van der Waals surface area contributed by atoms with Crippen LogP contribution in [0.3, 0.4) is 0 Å². The molecule has 0 aliphatic heterocycles. The zero-order valence-corrected chi connectivity index (χ0v) is 11.3. The number of carbonyl (C=O) groups is 1. The van der Waals surface area contributed by atoms with Crippen molar-refractivity contribution in [1.29, 1.82) is 0 Å². The molecule has 0 fully saturated rings. The topological polar surface area (TPSA) is 55.1 Å². The zero-order valence-electron chi connectivity index (χ0n) is 9.68. The maximum absolute atomic E-state index is 11.4. The van der Waals surface area contributed by atoms with Gasteiger partial charge >= 0.3 is 0 Å². The summed E-state index contributed by atoms with van der Waals surface area (Å²) in [5.74, 6) is 1.43. The molecule has 1 aromatic rings. The van der Waals surface area contributed by atoms with Crippen LogP contribution in [0.2, 0.25) is 0 Å². The van der Waals surface area contributed by atoms with Crippen molar-refractivity contribution in [1.82, 2.24) is 10.3 Å². The number of aryl methyl sites for hydroxylation is 2. The van der Waals surface area contributed by atoms with E-state index in [1.165, 1.54) is 0 Å². The maximum atomic E-state index is 11.4. The minimum Gasteiger partial charge on any atom is -0.444 e. The van der Waals surface area contributed by atoms with Crippen LogP contribution >= 0.6 is 15.9 Å². The number of hydrogen-bond acceptors (Lipinski definition) is 3. The molecule has 0 aliphatic carbocycles. The Hall–Kier alpha value is -0.840. The van der Waals surface area contributed by atoms with Crippen LogP contribution in [-0.4, -0.2) is 16.2 Å². The van der Waals surface area contributed by atoms with E-state index in [0.29, 0.717) is 18.9 Å². The smallest absolute Gasteiger partial charge is 0.220 e. The number of unbranched alkanes of at least 4 members (excludes halogenated alkanes) is 1. The highest BCUT2D eigenvalue weighted by molar-refractivity contribution is 9.09. The van der Waals surface area contributed by atoms with Crippen molar-refractivity contribution < 1.29 is 9.21 Å². The van der Waals surface area contributed by atoms with Gasteiger partial charge in [0.2, 0.25) is 11.8 Å². The summed E-state index contributed by atoms with van der Waals surface area (Å²) in [6, 6.07) is 0. The van der Waals surface area contributed by atoms with E-state index in [9.17, 15) is 4.79 Å². The van der Waals surface area contributed by atoms with Crippen molar-refractivity contribution in [3.8, 4) is 0 Å². The SMILES string of the molecule is Cc1nc(CNC(=O)CCCCBr)oc1C. The summed E-state index contributed by atoms with van der Waals surface area (Å²) in [5.41, 5.74) is 0.878. The van der Waals surface area contributed by atoms with Gasteiger partial charge in [0.25, 0.3) is 0 Å². The van der Waals surface area contributed by atoms with Crippen molar-refractivity contribution >= 4 is 21.8 Å². The van der Waals surface area contributed by atoms with Crippen molar-refractivity contribution in [3.05, 3.63) is 17.3 Å². The van der Waals surface area contributed by atoms with E-state index in [1.54, 1.807) is 0 Å². The van der Waals surface area contributed by atoms with E-state index in [0.717, 1.165) is 29.6 Å². The second kappa shape index (κ2) is 6.68. The molecule has 1 aromatic heterocycles. The average molecular weight is 289 g/mol. The quantitative estimate of drug-likeness (QED) is 0.646. The van der Waals surface area contributed by atoms with Crippen molar-refractivity contribution in [3.63, 3.8) is 0 Å².